The highest BCUT2D eigenvalue weighted by atomic mass is 16.7. The maximum absolute atomic E-state index is 13.2. The quantitative estimate of drug-likeness (QED) is 0.276. The monoisotopic (exact) mass is 448 g/mol. The molecule has 0 radical (unpaired) electrons. The molecule has 1 aliphatic heterocycles. The number of fused-ring (bicyclic) bond motifs is 1. The van der Waals surface area contributed by atoms with Crippen LogP contribution in [0.2, 0.25) is 0 Å². The third-order valence-electron chi connectivity index (χ3n) is 5.25. The Kier molecular flexibility index (Phi) is 5.34. The van der Waals surface area contributed by atoms with E-state index in [0.717, 1.165) is 18.2 Å². The van der Waals surface area contributed by atoms with Crippen LogP contribution in [0.15, 0.2) is 39.5 Å². The molecule has 4 rings (SSSR count). The summed E-state index contributed by atoms with van der Waals surface area (Å²) >= 11 is 0. The zero-order valence-corrected chi connectivity index (χ0v) is 16.5. The molecule has 5 unspecified atom stereocenters. The van der Waals surface area contributed by atoms with Crippen LogP contribution in [0.25, 0.3) is 22.3 Å². The Bertz CT molecular complexity index is 1230. The van der Waals surface area contributed by atoms with E-state index in [9.17, 15) is 40.5 Å². The lowest BCUT2D eigenvalue weighted by atomic mass is 10.00. The Morgan fingerprint density at radius 1 is 0.875 bits per heavy atom. The normalized spacial score (nSPS) is 25.7. The highest BCUT2D eigenvalue weighted by Crippen LogP contribution is 2.40. The molecule has 0 bridgehead atoms. The smallest absolute Gasteiger partial charge is 0.239 e. The van der Waals surface area contributed by atoms with E-state index in [0.29, 0.717) is 0 Å². The maximum Gasteiger partial charge on any atom is 0.239 e. The predicted octanol–water partition coefficient (Wildman–Crippen LogP) is 0.489. The van der Waals surface area contributed by atoms with Gasteiger partial charge in [-0.1, -0.05) is 0 Å². The lowest BCUT2D eigenvalue weighted by Gasteiger charge is -2.38. The summed E-state index contributed by atoms with van der Waals surface area (Å²) in [7, 11) is 0. The second-order valence-corrected chi connectivity index (χ2v) is 7.40. The molecule has 3 aromatic rings. The fraction of sp³-hybridized carbons (Fsp3) is 0.286. The fourth-order valence-electron chi connectivity index (χ4n) is 3.43. The van der Waals surface area contributed by atoms with Gasteiger partial charge in [-0.25, -0.2) is 0 Å². The third-order valence-corrected chi connectivity index (χ3v) is 5.25. The van der Waals surface area contributed by atoms with Crippen molar-refractivity contribution in [2.45, 2.75) is 37.6 Å². The number of rotatable bonds is 3. The summed E-state index contributed by atoms with van der Waals surface area (Å²) in [5.74, 6) is -3.15. The van der Waals surface area contributed by atoms with Crippen molar-refractivity contribution < 1.29 is 49.6 Å². The molecule has 11 nitrogen and oxygen atoms in total. The number of hydrogen-bond donors (Lipinski definition) is 7. The Morgan fingerprint density at radius 3 is 2.25 bits per heavy atom. The highest BCUT2D eigenvalue weighted by Gasteiger charge is 2.44. The third kappa shape index (κ3) is 3.46. The van der Waals surface area contributed by atoms with E-state index in [4.69, 9.17) is 13.9 Å². The van der Waals surface area contributed by atoms with Gasteiger partial charge in [-0.15, -0.1) is 0 Å². The van der Waals surface area contributed by atoms with Gasteiger partial charge in [0.1, 0.15) is 29.3 Å². The Hall–Kier alpha value is -3.51. The summed E-state index contributed by atoms with van der Waals surface area (Å²) in [5, 5.41) is 69.2. The molecular formula is C21H20O11. The van der Waals surface area contributed by atoms with Crippen LogP contribution in [0.5, 0.6) is 28.7 Å². The first-order chi connectivity index (χ1) is 15.1. The second kappa shape index (κ2) is 7.88. The number of aliphatic hydroxyl groups excluding tert-OH is 3. The number of phenolic OH excluding ortho intramolecular Hbond substituents is 4. The van der Waals surface area contributed by atoms with E-state index in [2.05, 4.69) is 0 Å². The summed E-state index contributed by atoms with van der Waals surface area (Å²) in [6.07, 6.45) is -7.39. The topological polar surface area (TPSA) is 190 Å². The summed E-state index contributed by atoms with van der Waals surface area (Å²) in [6.45, 7) is 1.42. The predicted molar refractivity (Wildman–Crippen MR) is 108 cm³/mol. The number of aliphatic hydroxyl groups is 3. The van der Waals surface area contributed by atoms with E-state index in [1.54, 1.807) is 0 Å². The van der Waals surface area contributed by atoms with Crippen LogP contribution in [0.4, 0.5) is 0 Å². The number of phenols is 4. The lowest BCUT2D eigenvalue weighted by Crippen LogP contribution is -2.58. The van der Waals surface area contributed by atoms with E-state index >= 15 is 0 Å². The molecular weight excluding hydrogens is 428 g/mol. The van der Waals surface area contributed by atoms with Crippen molar-refractivity contribution in [3.63, 3.8) is 0 Å². The second-order valence-electron chi connectivity index (χ2n) is 7.40. The van der Waals surface area contributed by atoms with Crippen molar-refractivity contribution in [1.29, 1.82) is 0 Å². The molecule has 1 saturated heterocycles. The fourth-order valence-corrected chi connectivity index (χ4v) is 3.43. The molecule has 0 aliphatic carbocycles. The molecule has 0 saturated carbocycles. The number of benzene rings is 2. The summed E-state index contributed by atoms with van der Waals surface area (Å²) < 4.78 is 16.6. The van der Waals surface area contributed by atoms with Gasteiger partial charge in [0.15, 0.2) is 28.8 Å². The minimum Gasteiger partial charge on any atom is -0.504 e. The number of ether oxygens (including phenoxy) is 2. The number of aromatic hydroxyl groups is 4. The standard InChI is InChI=1S/C21H20O11/c1-7-14(25)17(28)18(29)21(30-7)32-20-16(27)13-12(5-4-10(23)15(13)26)31-19(20)8-2-3-9(22)11(24)6-8/h2-7,14,17-18,21-26,28-29H,1H3. The Labute approximate surface area is 179 Å². The summed E-state index contributed by atoms with van der Waals surface area (Å²) in [6, 6.07) is 5.87. The molecule has 170 valence electrons. The van der Waals surface area contributed by atoms with Crippen molar-refractivity contribution in [1.82, 2.24) is 0 Å². The van der Waals surface area contributed by atoms with Gasteiger partial charge in [0.2, 0.25) is 17.5 Å². The molecule has 1 aromatic heterocycles. The minimum atomic E-state index is -1.75. The average molecular weight is 448 g/mol. The van der Waals surface area contributed by atoms with E-state index in [-0.39, 0.29) is 16.9 Å². The molecule has 32 heavy (non-hydrogen) atoms. The molecule has 5 atom stereocenters. The minimum absolute atomic E-state index is 0.0841. The van der Waals surface area contributed by atoms with Gasteiger partial charge in [-0.3, -0.25) is 4.79 Å². The van der Waals surface area contributed by atoms with Gasteiger partial charge in [0, 0.05) is 5.56 Å². The molecule has 11 heteroatoms. The van der Waals surface area contributed by atoms with Crippen LogP contribution < -0.4 is 10.2 Å². The molecule has 1 fully saturated rings. The van der Waals surface area contributed by atoms with Crippen LogP contribution in [-0.4, -0.2) is 66.5 Å². The van der Waals surface area contributed by atoms with Crippen LogP contribution in [0.1, 0.15) is 6.92 Å². The van der Waals surface area contributed by atoms with Gasteiger partial charge in [0.05, 0.1) is 6.10 Å². The Balaban J connectivity index is 1.92. The molecule has 1 aliphatic rings. The first-order valence-electron chi connectivity index (χ1n) is 9.50. The van der Waals surface area contributed by atoms with Crippen LogP contribution >= 0.6 is 0 Å². The lowest BCUT2D eigenvalue weighted by molar-refractivity contribution is -0.268. The molecule has 7 N–H and O–H groups in total. The van der Waals surface area contributed by atoms with Crippen molar-refractivity contribution in [3.05, 3.63) is 40.6 Å². The zero-order chi connectivity index (χ0) is 23.3. The molecule has 0 amide bonds. The van der Waals surface area contributed by atoms with Gasteiger partial charge in [-0.2, -0.15) is 0 Å². The highest BCUT2D eigenvalue weighted by molar-refractivity contribution is 5.89. The molecule has 2 aromatic carbocycles. The van der Waals surface area contributed by atoms with E-state index in [1.165, 1.54) is 19.1 Å². The van der Waals surface area contributed by atoms with E-state index in [1.807, 2.05) is 0 Å². The van der Waals surface area contributed by atoms with E-state index < -0.39 is 70.3 Å². The molecule has 2 heterocycles. The maximum atomic E-state index is 13.2. The van der Waals surface area contributed by atoms with Crippen molar-refractivity contribution >= 4 is 11.0 Å². The van der Waals surface area contributed by atoms with Crippen molar-refractivity contribution in [3.8, 4) is 40.1 Å². The summed E-state index contributed by atoms with van der Waals surface area (Å²) in [4.78, 5) is 13.2. The van der Waals surface area contributed by atoms with Crippen LogP contribution in [0.3, 0.4) is 0 Å². The first kappa shape index (κ1) is 21.7. The molecule has 0 spiro atoms. The van der Waals surface area contributed by atoms with Crippen LogP contribution in [-0.2, 0) is 4.74 Å². The van der Waals surface area contributed by atoms with Gasteiger partial charge in [0.25, 0.3) is 0 Å². The zero-order valence-electron chi connectivity index (χ0n) is 16.5. The van der Waals surface area contributed by atoms with Crippen LogP contribution in [0, 0.1) is 0 Å². The number of hydrogen-bond acceptors (Lipinski definition) is 11. The van der Waals surface area contributed by atoms with Gasteiger partial charge < -0.3 is 49.6 Å². The van der Waals surface area contributed by atoms with Crippen molar-refractivity contribution in [2.75, 3.05) is 0 Å². The van der Waals surface area contributed by atoms with Crippen molar-refractivity contribution in [2.24, 2.45) is 0 Å². The van der Waals surface area contributed by atoms with Gasteiger partial charge in [-0.05, 0) is 37.3 Å². The van der Waals surface area contributed by atoms with Gasteiger partial charge >= 0.3 is 0 Å². The summed E-state index contributed by atoms with van der Waals surface area (Å²) in [5.41, 5.74) is -0.999. The SMILES string of the molecule is CC1OC(Oc2c(-c3ccc(O)c(O)c3)oc3ccc(O)c(O)c3c2=O)C(O)C(O)C1O. The first-order valence-corrected chi connectivity index (χ1v) is 9.50. The Morgan fingerprint density at radius 2 is 1.56 bits per heavy atom. The average Bonchev–Trinajstić information content (AvgIpc) is 2.76. The largest absolute Gasteiger partial charge is 0.504 e.